The highest BCUT2D eigenvalue weighted by atomic mass is 32.2. The molecule has 1 atom stereocenters. The van der Waals surface area contributed by atoms with Gasteiger partial charge < -0.3 is 10.1 Å². The van der Waals surface area contributed by atoms with Gasteiger partial charge in [-0.1, -0.05) is 0 Å². The average Bonchev–Trinajstić information content (AvgIpc) is 3.00. The van der Waals surface area contributed by atoms with Crippen molar-refractivity contribution in [2.75, 3.05) is 31.7 Å². The van der Waals surface area contributed by atoms with Crippen molar-refractivity contribution < 1.29 is 26.4 Å². The van der Waals surface area contributed by atoms with Crippen LogP contribution < -0.4 is 10.1 Å². The Bertz CT molecular complexity index is 888. The molecule has 0 spiro atoms. The molecule has 150 valence electrons. The van der Waals surface area contributed by atoms with Crippen molar-refractivity contribution >= 4 is 25.8 Å². The molecule has 3 rings (SSSR count). The first-order chi connectivity index (χ1) is 12.7. The third-order valence-corrected chi connectivity index (χ3v) is 8.78. The van der Waals surface area contributed by atoms with Crippen LogP contribution in [0.4, 0.5) is 0 Å². The molecule has 0 aromatic heterocycles. The fourth-order valence-electron chi connectivity index (χ4n) is 3.48. The number of benzene rings is 1. The number of carbonyl (C=O) groups is 1. The summed E-state index contributed by atoms with van der Waals surface area (Å²) in [7, 11) is -5.14. The SMILES string of the molecule is COc1ccc(S(=O)(=O)N2CCC(C(=O)N[C@@H]3CCS(=O)(=O)C3)CC2)cc1. The molecule has 2 aliphatic rings. The number of nitrogens with one attached hydrogen (secondary N) is 1. The van der Waals surface area contributed by atoms with Crippen LogP contribution in [0.2, 0.25) is 0 Å². The van der Waals surface area contributed by atoms with Crippen molar-refractivity contribution in [3.63, 3.8) is 0 Å². The molecule has 0 radical (unpaired) electrons. The van der Waals surface area contributed by atoms with Crippen LogP contribution in [0.5, 0.6) is 5.75 Å². The van der Waals surface area contributed by atoms with Gasteiger partial charge in [-0.25, -0.2) is 16.8 Å². The molecule has 1 amide bonds. The minimum absolute atomic E-state index is 0.0105. The zero-order valence-electron chi connectivity index (χ0n) is 15.1. The van der Waals surface area contributed by atoms with E-state index in [2.05, 4.69) is 5.32 Å². The Morgan fingerprint density at radius 1 is 1.15 bits per heavy atom. The van der Waals surface area contributed by atoms with Crippen LogP contribution in [0.1, 0.15) is 19.3 Å². The van der Waals surface area contributed by atoms with Gasteiger partial charge in [0.2, 0.25) is 15.9 Å². The number of nitrogens with zero attached hydrogens (tertiary/aromatic N) is 1. The Hall–Kier alpha value is -1.65. The second-order valence-corrected chi connectivity index (χ2v) is 11.1. The normalized spacial score (nSPS) is 23.8. The second-order valence-electron chi connectivity index (χ2n) is 6.96. The molecule has 1 aromatic rings. The molecule has 0 saturated carbocycles. The Morgan fingerprint density at radius 3 is 2.30 bits per heavy atom. The van der Waals surface area contributed by atoms with Gasteiger partial charge in [0.05, 0.1) is 23.5 Å². The molecule has 2 saturated heterocycles. The largest absolute Gasteiger partial charge is 0.497 e. The number of ether oxygens (including phenoxy) is 1. The lowest BCUT2D eigenvalue weighted by Gasteiger charge is -2.31. The molecular weight excluding hydrogens is 392 g/mol. The van der Waals surface area contributed by atoms with Crippen LogP contribution >= 0.6 is 0 Å². The maximum atomic E-state index is 12.7. The Labute approximate surface area is 159 Å². The molecule has 0 aliphatic carbocycles. The monoisotopic (exact) mass is 416 g/mol. The Balaban J connectivity index is 1.57. The summed E-state index contributed by atoms with van der Waals surface area (Å²) in [4.78, 5) is 12.6. The molecule has 2 heterocycles. The number of piperidine rings is 1. The van der Waals surface area contributed by atoms with Crippen molar-refractivity contribution in [1.82, 2.24) is 9.62 Å². The standard InChI is InChI=1S/C17H24N2O6S2/c1-25-15-2-4-16(5-3-15)27(23,24)19-9-6-13(7-10-19)17(20)18-14-8-11-26(21,22)12-14/h2-5,13-14H,6-12H2,1H3,(H,18,20)/t14-/m1/s1. The highest BCUT2D eigenvalue weighted by Crippen LogP contribution is 2.25. The summed E-state index contributed by atoms with van der Waals surface area (Å²) in [6, 6.07) is 5.88. The van der Waals surface area contributed by atoms with Crippen molar-refractivity contribution in [2.45, 2.75) is 30.2 Å². The molecule has 10 heteroatoms. The molecule has 27 heavy (non-hydrogen) atoms. The van der Waals surface area contributed by atoms with Crippen molar-refractivity contribution in [2.24, 2.45) is 5.92 Å². The fraction of sp³-hybridized carbons (Fsp3) is 0.588. The summed E-state index contributed by atoms with van der Waals surface area (Å²) in [5, 5.41) is 2.80. The summed E-state index contributed by atoms with van der Waals surface area (Å²) < 4.78 is 54.9. The quantitative estimate of drug-likeness (QED) is 0.744. The first kappa shape index (κ1) is 20.1. The smallest absolute Gasteiger partial charge is 0.243 e. The number of amides is 1. The van der Waals surface area contributed by atoms with E-state index < -0.39 is 19.9 Å². The molecular formula is C17H24N2O6S2. The van der Waals surface area contributed by atoms with Gasteiger partial charge in [-0.15, -0.1) is 0 Å². The first-order valence-electron chi connectivity index (χ1n) is 8.86. The third-order valence-electron chi connectivity index (χ3n) is 5.10. The Morgan fingerprint density at radius 2 is 1.78 bits per heavy atom. The van der Waals surface area contributed by atoms with Crippen LogP contribution in [0.3, 0.4) is 0 Å². The highest BCUT2D eigenvalue weighted by molar-refractivity contribution is 7.91. The number of sulfone groups is 1. The van der Waals surface area contributed by atoms with E-state index in [0.29, 0.717) is 25.0 Å². The molecule has 1 aromatic carbocycles. The molecule has 2 aliphatic heterocycles. The summed E-state index contributed by atoms with van der Waals surface area (Å²) in [5.74, 6) is 0.201. The summed E-state index contributed by atoms with van der Waals surface area (Å²) >= 11 is 0. The van der Waals surface area contributed by atoms with Crippen LogP contribution in [-0.2, 0) is 24.7 Å². The van der Waals surface area contributed by atoms with Crippen LogP contribution in [0, 0.1) is 5.92 Å². The van der Waals surface area contributed by atoms with Gasteiger partial charge in [-0.2, -0.15) is 4.31 Å². The van der Waals surface area contributed by atoms with Crippen LogP contribution in [0.15, 0.2) is 29.2 Å². The Kier molecular flexibility index (Phi) is 5.78. The zero-order chi connectivity index (χ0) is 19.7. The van der Waals surface area contributed by atoms with E-state index in [-0.39, 0.29) is 47.4 Å². The van der Waals surface area contributed by atoms with E-state index in [9.17, 15) is 21.6 Å². The summed E-state index contributed by atoms with van der Waals surface area (Å²) in [6.45, 7) is 0.519. The molecule has 1 N–H and O–H groups in total. The van der Waals surface area contributed by atoms with E-state index in [4.69, 9.17) is 4.74 Å². The van der Waals surface area contributed by atoms with E-state index in [1.165, 1.54) is 23.5 Å². The number of hydrogen-bond acceptors (Lipinski definition) is 6. The van der Waals surface area contributed by atoms with Crippen molar-refractivity contribution in [1.29, 1.82) is 0 Å². The van der Waals surface area contributed by atoms with Crippen molar-refractivity contribution in [3.05, 3.63) is 24.3 Å². The molecule has 0 bridgehead atoms. The zero-order valence-corrected chi connectivity index (χ0v) is 16.8. The first-order valence-corrected chi connectivity index (χ1v) is 12.1. The summed E-state index contributed by atoms with van der Waals surface area (Å²) in [6.07, 6.45) is 1.28. The van der Waals surface area contributed by atoms with Gasteiger partial charge in [0.25, 0.3) is 0 Å². The van der Waals surface area contributed by atoms with Crippen molar-refractivity contribution in [3.8, 4) is 5.75 Å². The molecule has 2 fully saturated rings. The van der Waals surface area contributed by atoms with Gasteiger partial charge in [0, 0.05) is 25.0 Å². The lowest BCUT2D eigenvalue weighted by atomic mass is 9.97. The second kappa shape index (κ2) is 7.76. The predicted octanol–water partition coefficient (Wildman–Crippen LogP) is 0.399. The lowest BCUT2D eigenvalue weighted by Crippen LogP contribution is -2.45. The lowest BCUT2D eigenvalue weighted by molar-refractivity contribution is -0.126. The summed E-state index contributed by atoms with van der Waals surface area (Å²) in [5.41, 5.74) is 0. The maximum absolute atomic E-state index is 12.7. The minimum atomic E-state index is -3.61. The number of carbonyl (C=O) groups excluding carboxylic acids is 1. The van der Waals surface area contributed by atoms with Gasteiger partial charge in [-0.3, -0.25) is 4.79 Å². The fourth-order valence-corrected chi connectivity index (χ4v) is 6.63. The van der Waals surface area contributed by atoms with Crippen LogP contribution in [0.25, 0.3) is 0 Å². The highest BCUT2D eigenvalue weighted by Gasteiger charge is 2.34. The number of methoxy groups -OCH3 is 1. The average molecular weight is 417 g/mol. The van der Waals surface area contributed by atoms with Gasteiger partial charge >= 0.3 is 0 Å². The van der Waals surface area contributed by atoms with Gasteiger partial charge in [-0.05, 0) is 43.5 Å². The topological polar surface area (TPSA) is 110 Å². The molecule has 0 unspecified atom stereocenters. The van der Waals surface area contributed by atoms with E-state index in [1.54, 1.807) is 12.1 Å². The predicted molar refractivity (Wildman–Crippen MR) is 99.7 cm³/mol. The van der Waals surface area contributed by atoms with Crippen LogP contribution in [-0.4, -0.2) is 64.8 Å². The third kappa shape index (κ3) is 4.61. The number of hydrogen-bond donors (Lipinski definition) is 1. The maximum Gasteiger partial charge on any atom is 0.243 e. The van der Waals surface area contributed by atoms with E-state index in [0.717, 1.165) is 0 Å². The van der Waals surface area contributed by atoms with E-state index in [1.807, 2.05) is 0 Å². The molecule has 8 nitrogen and oxygen atoms in total. The number of rotatable bonds is 5. The van der Waals surface area contributed by atoms with Gasteiger partial charge in [0.15, 0.2) is 9.84 Å². The minimum Gasteiger partial charge on any atom is -0.497 e. The number of sulfonamides is 1. The van der Waals surface area contributed by atoms with E-state index >= 15 is 0 Å². The van der Waals surface area contributed by atoms with Gasteiger partial charge in [0.1, 0.15) is 5.75 Å².